The van der Waals surface area contributed by atoms with E-state index in [1.807, 2.05) is 90.4 Å². The van der Waals surface area contributed by atoms with Crippen LogP contribution < -0.4 is 14.8 Å². The van der Waals surface area contributed by atoms with E-state index in [1.54, 1.807) is 7.11 Å². The molecule has 174 valence electrons. The second-order valence-corrected chi connectivity index (χ2v) is 9.15. The highest BCUT2D eigenvalue weighted by molar-refractivity contribution is 9.10. The molecule has 0 aliphatic heterocycles. The minimum Gasteiger partial charge on any atom is -0.497 e. The summed E-state index contributed by atoms with van der Waals surface area (Å²) in [5.74, 6) is 2.14. The lowest BCUT2D eigenvalue weighted by molar-refractivity contribution is -0.113. The first-order valence-electron chi connectivity index (χ1n) is 10.5. The molecular formula is C25H23BrN4O3S. The molecule has 0 spiro atoms. The lowest BCUT2D eigenvalue weighted by atomic mass is 10.3. The third-order valence-corrected chi connectivity index (χ3v) is 6.27. The first-order chi connectivity index (χ1) is 16.5. The van der Waals surface area contributed by atoms with Gasteiger partial charge in [-0.2, -0.15) is 0 Å². The molecule has 4 rings (SSSR count). The summed E-state index contributed by atoms with van der Waals surface area (Å²) in [5.41, 5.74) is 1.62. The van der Waals surface area contributed by atoms with Crippen LogP contribution in [0.25, 0.3) is 5.69 Å². The molecule has 0 radical (unpaired) electrons. The van der Waals surface area contributed by atoms with E-state index >= 15 is 0 Å². The second kappa shape index (κ2) is 11.2. The number of nitrogens with one attached hydrogen (secondary N) is 1. The molecule has 1 amide bonds. The smallest absolute Gasteiger partial charge is 0.234 e. The van der Waals surface area contributed by atoms with E-state index in [-0.39, 0.29) is 17.8 Å². The summed E-state index contributed by atoms with van der Waals surface area (Å²) >= 11 is 4.73. The zero-order chi connectivity index (χ0) is 23.9. The molecule has 0 bridgehead atoms. The van der Waals surface area contributed by atoms with Crippen molar-refractivity contribution in [2.45, 2.75) is 18.2 Å². The number of carbonyl (C=O) groups excluding carboxylic acids is 1. The fourth-order valence-electron chi connectivity index (χ4n) is 3.26. The van der Waals surface area contributed by atoms with Crippen molar-refractivity contribution in [3.05, 3.63) is 89.2 Å². The number of ether oxygens (including phenoxy) is 2. The molecule has 0 aliphatic rings. The number of amides is 1. The molecule has 0 saturated carbocycles. The van der Waals surface area contributed by atoms with Crippen LogP contribution in [0.5, 0.6) is 11.5 Å². The number of hydrogen-bond acceptors (Lipinski definition) is 6. The maximum Gasteiger partial charge on any atom is 0.234 e. The van der Waals surface area contributed by atoms with Gasteiger partial charge in [0.15, 0.2) is 17.1 Å². The average molecular weight is 539 g/mol. The number of aromatic nitrogens is 3. The van der Waals surface area contributed by atoms with Crippen molar-refractivity contribution in [1.82, 2.24) is 14.8 Å². The number of nitrogens with zero attached hydrogens (tertiary/aromatic N) is 3. The van der Waals surface area contributed by atoms with Crippen LogP contribution in [0.3, 0.4) is 0 Å². The fourth-order valence-corrected chi connectivity index (χ4v) is 4.42. The molecule has 1 unspecified atom stereocenters. The molecule has 9 heteroatoms. The first-order valence-corrected chi connectivity index (χ1v) is 12.3. The minimum absolute atomic E-state index is 0.130. The van der Waals surface area contributed by atoms with Gasteiger partial charge in [0, 0.05) is 15.8 Å². The third kappa shape index (κ3) is 5.98. The molecule has 4 aromatic rings. The molecule has 0 saturated heterocycles. The van der Waals surface area contributed by atoms with E-state index in [0.29, 0.717) is 16.7 Å². The van der Waals surface area contributed by atoms with E-state index in [2.05, 4.69) is 31.4 Å². The van der Waals surface area contributed by atoms with Crippen molar-refractivity contribution in [1.29, 1.82) is 0 Å². The highest BCUT2D eigenvalue weighted by atomic mass is 79.9. The number of para-hydroxylation sites is 1. The molecule has 1 N–H and O–H groups in total. The number of methoxy groups -OCH3 is 1. The van der Waals surface area contributed by atoms with Gasteiger partial charge in [-0.3, -0.25) is 9.36 Å². The zero-order valence-electron chi connectivity index (χ0n) is 18.6. The molecular weight excluding hydrogens is 516 g/mol. The lowest BCUT2D eigenvalue weighted by Gasteiger charge is -2.17. The molecule has 34 heavy (non-hydrogen) atoms. The van der Waals surface area contributed by atoms with Gasteiger partial charge in [-0.1, -0.05) is 52.0 Å². The standard InChI is InChI=1S/C25H23BrN4O3S/c1-17(33-22-13-11-21(32-2)12-14-22)24-28-29-25(30(24)20-9-4-3-5-10-20)34-16-23(31)27-19-8-6-7-18(26)15-19/h3-15,17H,16H2,1-2H3,(H,27,31). The van der Waals surface area contributed by atoms with Crippen LogP contribution in [0, 0.1) is 0 Å². The molecule has 0 aliphatic carbocycles. The summed E-state index contributed by atoms with van der Waals surface area (Å²) in [5, 5.41) is 12.3. The van der Waals surface area contributed by atoms with Crippen molar-refractivity contribution in [3.63, 3.8) is 0 Å². The largest absolute Gasteiger partial charge is 0.497 e. The Morgan fingerprint density at radius 1 is 1.03 bits per heavy atom. The number of thioether (sulfide) groups is 1. The maximum atomic E-state index is 12.5. The van der Waals surface area contributed by atoms with Gasteiger partial charge in [0.25, 0.3) is 0 Å². The normalized spacial score (nSPS) is 11.6. The number of carbonyl (C=O) groups is 1. The Labute approximate surface area is 210 Å². The Kier molecular flexibility index (Phi) is 7.87. The highest BCUT2D eigenvalue weighted by Gasteiger charge is 2.21. The number of anilines is 1. The van der Waals surface area contributed by atoms with Crippen molar-refractivity contribution < 1.29 is 14.3 Å². The van der Waals surface area contributed by atoms with Crippen molar-refractivity contribution in [2.24, 2.45) is 0 Å². The van der Waals surface area contributed by atoms with Crippen LogP contribution in [0.4, 0.5) is 5.69 Å². The molecule has 3 aromatic carbocycles. The van der Waals surface area contributed by atoms with Gasteiger partial charge in [-0.15, -0.1) is 10.2 Å². The van der Waals surface area contributed by atoms with Crippen molar-refractivity contribution >= 4 is 39.3 Å². The monoisotopic (exact) mass is 538 g/mol. The Balaban J connectivity index is 1.52. The zero-order valence-corrected chi connectivity index (χ0v) is 21.0. The molecule has 1 heterocycles. The van der Waals surface area contributed by atoms with E-state index in [9.17, 15) is 4.79 Å². The lowest BCUT2D eigenvalue weighted by Crippen LogP contribution is -2.15. The number of rotatable bonds is 9. The third-order valence-electron chi connectivity index (χ3n) is 4.85. The minimum atomic E-state index is -0.383. The van der Waals surface area contributed by atoms with Gasteiger partial charge in [0.1, 0.15) is 11.5 Å². The SMILES string of the molecule is COc1ccc(OC(C)c2nnc(SCC(=O)Nc3cccc(Br)c3)n2-c2ccccc2)cc1. The van der Waals surface area contributed by atoms with Gasteiger partial charge in [0.05, 0.1) is 12.9 Å². The van der Waals surface area contributed by atoms with Gasteiger partial charge in [-0.25, -0.2) is 0 Å². The van der Waals surface area contributed by atoms with Crippen LogP contribution in [0.2, 0.25) is 0 Å². The summed E-state index contributed by atoms with van der Waals surface area (Å²) in [6.45, 7) is 1.92. The Bertz CT molecular complexity index is 1250. The summed E-state index contributed by atoms with van der Waals surface area (Å²) < 4.78 is 14.2. The predicted molar refractivity (Wildman–Crippen MR) is 137 cm³/mol. The van der Waals surface area contributed by atoms with E-state index < -0.39 is 0 Å². The fraction of sp³-hybridized carbons (Fsp3) is 0.160. The maximum absolute atomic E-state index is 12.5. The highest BCUT2D eigenvalue weighted by Crippen LogP contribution is 2.28. The summed E-state index contributed by atoms with van der Waals surface area (Å²) in [6, 6.07) is 24.6. The van der Waals surface area contributed by atoms with Gasteiger partial charge in [0.2, 0.25) is 5.91 Å². The Morgan fingerprint density at radius 2 is 1.76 bits per heavy atom. The number of halogens is 1. The van der Waals surface area contributed by atoms with E-state index in [4.69, 9.17) is 9.47 Å². The first kappa shape index (κ1) is 23.8. The summed E-state index contributed by atoms with van der Waals surface area (Å²) in [4.78, 5) is 12.5. The topological polar surface area (TPSA) is 78.3 Å². The molecule has 0 fully saturated rings. The van der Waals surface area contributed by atoms with Crippen LogP contribution in [-0.2, 0) is 4.79 Å². The van der Waals surface area contributed by atoms with Crippen LogP contribution >= 0.6 is 27.7 Å². The van der Waals surface area contributed by atoms with E-state index in [1.165, 1.54) is 11.8 Å². The van der Waals surface area contributed by atoms with Crippen LogP contribution in [0.1, 0.15) is 18.9 Å². The Morgan fingerprint density at radius 3 is 2.47 bits per heavy atom. The van der Waals surface area contributed by atoms with Gasteiger partial charge < -0.3 is 14.8 Å². The Hall–Kier alpha value is -3.30. The molecule has 7 nitrogen and oxygen atoms in total. The van der Waals surface area contributed by atoms with E-state index in [0.717, 1.165) is 21.6 Å². The molecule has 1 aromatic heterocycles. The number of benzene rings is 3. The summed E-state index contributed by atoms with van der Waals surface area (Å²) in [7, 11) is 1.62. The predicted octanol–water partition coefficient (Wildman–Crippen LogP) is 5.91. The van der Waals surface area contributed by atoms with Crippen LogP contribution in [0.15, 0.2) is 88.5 Å². The van der Waals surface area contributed by atoms with Gasteiger partial charge >= 0.3 is 0 Å². The van der Waals surface area contributed by atoms with Crippen molar-refractivity contribution in [2.75, 3.05) is 18.2 Å². The molecule has 1 atom stereocenters. The van der Waals surface area contributed by atoms with Crippen LogP contribution in [-0.4, -0.2) is 33.5 Å². The average Bonchev–Trinajstić information content (AvgIpc) is 3.28. The summed E-state index contributed by atoms with van der Waals surface area (Å²) in [6.07, 6.45) is -0.383. The number of hydrogen-bond donors (Lipinski definition) is 1. The van der Waals surface area contributed by atoms with Crippen molar-refractivity contribution in [3.8, 4) is 17.2 Å². The van der Waals surface area contributed by atoms with Gasteiger partial charge in [-0.05, 0) is 61.5 Å². The second-order valence-electron chi connectivity index (χ2n) is 7.29. The quantitative estimate of drug-likeness (QED) is 0.267.